The summed E-state index contributed by atoms with van der Waals surface area (Å²) in [6.45, 7) is 16.0. The van der Waals surface area contributed by atoms with Crippen molar-refractivity contribution in [2.24, 2.45) is 0 Å². The molecule has 0 radical (unpaired) electrons. The molecule has 1 aromatic carbocycles. The lowest BCUT2D eigenvalue weighted by Crippen LogP contribution is -2.45. The normalized spacial score (nSPS) is 13.9. The van der Waals surface area contributed by atoms with E-state index in [2.05, 4.69) is 45.1 Å². The molecule has 0 spiro atoms. The van der Waals surface area contributed by atoms with Gasteiger partial charge in [0.1, 0.15) is 0 Å². The van der Waals surface area contributed by atoms with Crippen molar-refractivity contribution in [1.82, 2.24) is 10.2 Å². The van der Waals surface area contributed by atoms with Gasteiger partial charge in [0.2, 0.25) is 5.91 Å². The third-order valence-corrected chi connectivity index (χ3v) is 4.29. The monoisotopic (exact) mass is 290 g/mol. The van der Waals surface area contributed by atoms with Crippen LogP contribution in [0.4, 0.5) is 0 Å². The maximum atomic E-state index is 12.3. The number of amides is 1. The topological polar surface area (TPSA) is 32.3 Å². The van der Waals surface area contributed by atoms with Gasteiger partial charge in [0.25, 0.3) is 0 Å². The Balaban J connectivity index is 2.83. The molecule has 0 bridgehead atoms. The molecule has 0 aliphatic heterocycles. The Bertz CT molecular complexity index is 492. The van der Waals surface area contributed by atoms with Crippen molar-refractivity contribution < 1.29 is 4.79 Å². The van der Waals surface area contributed by atoms with E-state index in [0.29, 0.717) is 0 Å². The number of nitrogens with one attached hydrogen (secondary N) is 1. The Morgan fingerprint density at radius 2 is 1.57 bits per heavy atom. The van der Waals surface area contributed by atoms with Gasteiger partial charge in [-0.05, 0) is 70.7 Å². The highest BCUT2D eigenvalue weighted by atomic mass is 16.2. The Morgan fingerprint density at radius 3 is 2.10 bits per heavy atom. The second kappa shape index (κ2) is 7.60. The van der Waals surface area contributed by atoms with Crippen molar-refractivity contribution in [3.8, 4) is 0 Å². The van der Waals surface area contributed by atoms with Gasteiger partial charge in [0.05, 0.1) is 6.04 Å². The summed E-state index contributed by atoms with van der Waals surface area (Å²) in [5, 5.41) is 3.44. The average Bonchev–Trinajstić information content (AvgIpc) is 2.43. The van der Waals surface area contributed by atoms with Crippen LogP contribution in [0.3, 0.4) is 0 Å². The van der Waals surface area contributed by atoms with Gasteiger partial charge in [-0.15, -0.1) is 0 Å². The third kappa shape index (κ3) is 4.31. The second-order valence-corrected chi connectivity index (χ2v) is 5.91. The molecule has 0 saturated heterocycles. The molecular formula is C18H30N2O. The molecule has 0 saturated carbocycles. The molecule has 0 aromatic heterocycles. The molecule has 118 valence electrons. The van der Waals surface area contributed by atoms with Crippen LogP contribution in [0.5, 0.6) is 0 Å². The fourth-order valence-corrected chi connectivity index (χ4v) is 2.79. The quantitative estimate of drug-likeness (QED) is 0.869. The molecular weight excluding hydrogens is 260 g/mol. The lowest BCUT2D eigenvalue weighted by Gasteiger charge is -2.27. The molecule has 1 N–H and O–H groups in total. The molecule has 0 aliphatic carbocycles. The number of hydrogen-bond acceptors (Lipinski definition) is 2. The first kappa shape index (κ1) is 17.7. The zero-order valence-electron chi connectivity index (χ0n) is 14.6. The number of carbonyl (C=O) groups excluding carboxylic acids is 1. The second-order valence-electron chi connectivity index (χ2n) is 5.91. The summed E-state index contributed by atoms with van der Waals surface area (Å²) in [5.41, 5.74) is 5.17. The number of nitrogens with zero attached hydrogens (tertiary/aromatic N) is 1. The van der Waals surface area contributed by atoms with Gasteiger partial charge in [-0.3, -0.25) is 10.1 Å². The number of rotatable bonds is 6. The predicted molar refractivity (Wildman–Crippen MR) is 89.6 cm³/mol. The molecule has 2 atom stereocenters. The maximum absolute atomic E-state index is 12.3. The van der Waals surface area contributed by atoms with Crippen LogP contribution in [-0.2, 0) is 4.79 Å². The summed E-state index contributed by atoms with van der Waals surface area (Å²) in [6.07, 6.45) is 0. The van der Waals surface area contributed by atoms with Crippen LogP contribution in [0, 0.1) is 20.8 Å². The molecule has 1 aromatic rings. The highest BCUT2D eigenvalue weighted by Crippen LogP contribution is 2.22. The van der Waals surface area contributed by atoms with Crippen LogP contribution in [0.25, 0.3) is 0 Å². The summed E-state index contributed by atoms with van der Waals surface area (Å²) < 4.78 is 0. The maximum Gasteiger partial charge on any atom is 0.239 e. The van der Waals surface area contributed by atoms with Gasteiger partial charge in [-0.1, -0.05) is 12.1 Å². The summed E-state index contributed by atoms with van der Waals surface area (Å²) in [6, 6.07) is 4.45. The smallest absolute Gasteiger partial charge is 0.239 e. The minimum atomic E-state index is -0.166. The van der Waals surface area contributed by atoms with Crippen molar-refractivity contribution in [2.45, 2.75) is 60.5 Å². The van der Waals surface area contributed by atoms with Gasteiger partial charge in [-0.25, -0.2) is 0 Å². The van der Waals surface area contributed by atoms with E-state index in [9.17, 15) is 4.79 Å². The summed E-state index contributed by atoms with van der Waals surface area (Å²) in [4.78, 5) is 14.2. The molecule has 0 fully saturated rings. The Labute approximate surface area is 129 Å². The van der Waals surface area contributed by atoms with Gasteiger partial charge in [-0.2, -0.15) is 0 Å². The molecule has 3 nitrogen and oxygen atoms in total. The summed E-state index contributed by atoms with van der Waals surface area (Å²) >= 11 is 0. The van der Waals surface area contributed by atoms with E-state index in [1.807, 2.05) is 25.7 Å². The van der Waals surface area contributed by atoms with E-state index in [1.54, 1.807) is 0 Å². The van der Waals surface area contributed by atoms with E-state index >= 15 is 0 Å². The highest BCUT2D eigenvalue weighted by molar-refractivity contribution is 5.81. The first-order valence-electron chi connectivity index (χ1n) is 7.94. The highest BCUT2D eigenvalue weighted by Gasteiger charge is 2.21. The zero-order chi connectivity index (χ0) is 16.2. The Hall–Kier alpha value is -1.35. The summed E-state index contributed by atoms with van der Waals surface area (Å²) in [7, 11) is 0. The van der Waals surface area contributed by atoms with E-state index < -0.39 is 0 Å². The average molecular weight is 290 g/mol. The number of carbonyl (C=O) groups is 1. The molecule has 0 aliphatic rings. The minimum Gasteiger partial charge on any atom is -0.342 e. The Kier molecular flexibility index (Phi) is 6.41. The van der Waals surface area contributed by atoms with Crippen molar-refractivity contribution >= 4 is 5.91 Å². The van der Waals surface area contributed by atoms with E-state index in [-0.39, 0.29) is 18.0 Å². The number of benzene rings is 1. The lowest BCUT2D eigenvalue weighted by atomic mass is 9.96. The first-order valence-corrected chi connectivity index (χ1v) is 7.94. The van der Waals surface area contributed by atoms with Crippen molar-refractivity contribution in [2.75, 3.05) is 13.1 Å². The lowest BCUT2D eigenvalue weighted by molar-refractivity contribution is -0.132. The minimum absolute atomic E-state index is 0.166. The molecule has 0 heterocycles. The predicted octanol–water partition coefficient (Wildman–Crippen LogP) is 3.52. The zero-order valence-corrected chi connectivity index (χ0v) is 14.6. The van der Waals surface area contributed by atoms with Gasteiger partial charge >= 0.3 is 0 Å². The van der Waals surface area contributed by atoms with Gasteiger partial charge in [0.15, 0.2) is 0 Å². The first-order chi connectivity index (χ1) is 9.81. The fourth-order valence-electron chi connectivity index (χ4n) is 2.79. The third-order valence-electron chi connectivity index (χ3n) is 4.29. The van der Waals surface area contributed by atoms with Crippen molar-refractivity contribution in [3.63, 3.8) is 0 Å². The Morgan fingerprint density at radius 1 is 1.05 bits per heavy atom. The van der Waals surface area contributed by atoms with E-state index in [1.165, 1.54) is 22.3 Å². The number of hydrogen-bond donors (Lipinski definition) is 1. The fraction of sp³-hybridized carbons (Fsp3) is 0.611. The molecule has 1 rings (SSSR count). The van der Waals surface area contributed by atoms with Crippen LogP contribution in [0.2, 0.25) is 0 Å². The SMILES string of the molecule is CCN(CC)C(=O)C(C)NC(C)c1cc(C)c(C)cc1C. The van der Waals surface area contributed by atoms with Crippen LogP contribution < -0.4 is 5.32 Å². The number of aryl methyl sites for hydroxylation is 3. The summed E-state index contributed by atoms with van der Waals surface area (Å²) in [5.74, 6) is 0.174. The van der Waals surface area contributed by atoms with Crippen LogP contribution in [-0.4, -0.2) is 29.9 Å². The molecule has 3 heteroatoms. The van der Waals surface area contributed by atoms with Crippen LogP contribution in [0.1, 0.15) is 56.0 Å². The molecule has 1 amide bonds. The van der Waals surface area contributed by atoms with Gasteiger partial charge in [0, 0.05) is 19.1 Å². The standard InChI is InChI=1S/C18H30N2O/c1-8-20(9-2)18(21)16(7)19-15(6)17-11-13(4)12(3)10-14(17)5/h10-11,15-16,19H,8-9H2,1-7H3. The van der Waals surface area contributed by atoms with Gasteiger partial charge < -0.3 is 4.90 Å². The van der Waals surface area contributed by atoms with Crippen molar-refractivity contribution in [1.29, 1.82) is 0 Å². The number of likely N-dealkylation sites (N-methyl/N-ethyl adjacent to an activating group) is 1. The van der Waals surface area contributed by atoms with Crippen molar-refractivity contribution in [3.05, 3.63) is 34.4 Å². The molecule has 21 heavy (non-hydrogen) atoms. The largest absolute Gasteiger partial charge is 0.342 e. The van der Waals surface area contributed by atoms with E-state index in [4.69, 9.17) is 0 Å². The van der Waals surface area contributed by atoms with Crippen LogP contribution >= 0.6 is 0 Å². The molecule has 2 unspecified atom stereocenters. The van der Waals surface area contributed by atoms with Crippen LogP contribution in [0.15, 0.2) is 12.1 Å². The van der Waals surface area contributed by atoms with E-state index in [0.717, 1.165) is 13.1 Å².